The van der Waals surface area contributed by atoms with Crippen molar-refractivity contribution in [3.05, 3.63) is 41.5 Å². The number of aliphatic carboxylic acids is 1. The number of benzene rings is 1. The summed E-state index contributed by atoms with van der Waals surface area (Å²) in [7, 11) is 0. The molecule has 0 saturated heterocycles. The molecule has 1 aromatic rings. The van der Waals surface area contributed by atoms with Crippen LogP contribution in [0.15, 0.2) is 35.9 Å². The molecule has 1 aliphatic carbocycles. The van der Waals surface area contributed by atoms with E-state index in [4.69, 9.17) is 9.90 Å². The van der Waals surface area contributed by atoms with E-state index in [1.807, 2.05) is 18.2 Å². The van der Waals surface area contributed by atoms with E-state index in [0.717, 1.165) is 26.2 Å². The molecule has 0 aromatic heterocycles. The minimum Gasteiger partial charge on any atom is -0.481 e. The van der Waals surface area contributed by atoms with Crippen molar-refractivity contribution in [2.45, 2.75) is 32.3 Å². The number of carbonyl (C=O) groups is 1. The minimum atomic E-state index is -0.833. The summed E-state index contributed by atoms with van der Waals surface area (Å²) in [4.78, 5) is 9.00. The fraction of sp³-hybridized carbons (Fsp3) is 0.357. The van der Waals surface area contributed by atoms with Crippen LogP contribution in [0.4, 0.5) is 0 Å². The summed E-state index contributed by atoms with van der Waals surface area (Å²) in [5, 5.41) is 17.0. The van der Waals surface area contributed by atoms with E-state index >= 15 is 0 Å². The highest BCUT2D eigenvalue weighted by Crippen LogP contribution is 2.26. The molecule has 0 aliphatic heterocycles. The summed E-state index contributed by atoms with van der Waals surface area (Å²) in [5.74, 6) is -0.833. The number of hydrogen-bond acceptors (Lipinski definition) is 2. The summed E-state index contributed by atoms with van der Waals surface area (Å²) in [6.07, 6.45) is 5.02. The standard InChI is InChI=1S/C12H14O.C2H4O2/c13-12-8-4-7-11(12)9-10-5-2-1-3-6-10;1-2(3)4/h1-3,5-6,9,12-13H,4,7-8H2;1H3,(H,3,4). The van der Waals surface area contributed by atoms with Gasteiger partial charge in [0.25, 0.3) is 5.97 Å². The average molecular weight is 234 g/mol. The fourth-order valence-corrected chi connectivity index (χ4v) is 1.78. The van der Waals surface area contributed by atoms with E-state index < -0.39 is 5.97 Å². The van der Waals surface area contributed by atoms with Crippen molar-refractivity contribution in [3.63, 3.8) is 0 Å². The van der Waals surface area contributed by atoms with Crippen molar-refractivity contribution >= 4 is 12.0 Å². The molecule has 92 valence electrons. The molecule has 1 aromatic carbocycles. The van der Waals surface area contributed by atoms with Crippen molar-refractivity contribution in [1.29, 1.82) is 0 Å². The maximum absolute atomic E-state index is 9.58. The smallest absolute Gasteiger partial charge is 0.300 e. The van der Waals surface area contributed by atoms with Crippen LogP contribution in [0.3, 0.4) is 0 Å². The molecule has 3 heteroatoms. The van der Waals surface area contributed by atoms with Gasteiger partial charge in [-0.05, 0) is 30.4 Å². The quantitative estimate of drug-likeness (QED) is 0.785. The molecule has 2 N–H and O–H groups in total. The highest BCUT2D eigenvalue weighted by Gasteiger charge is 2.17. The highest BCUT2D eigenvalue weighted by atomic mass is 16.4. The van der Waals surface area contributed by atoms with Crippen LogP contribution in [-0.4, -0.2) is 22.3 Å². The van der Waals surface area contributed by atoms with E-state index in [0.29, 0.717) is 0 Å². The van der Waals surface area contributed by atoms with Crippen LogP contribution >= 0.6 is 0 Å². The Hall–Kier alpha value is -1.61. The minimum absolute atomic E-state index is 0.194. The zero-order chi connectivity index (χ0) is 12.7. The van der Waals surface area contributed by atoms with Crippen molar-refractivity contribution in [2.24, 2.45) is 0 Å². The number of aliphatic hydroxyl groups excluding tert-OH is 1. The predicted molar refractivity (Wildman–Crippen MR) is 67.6 cm³/mol. The van der Waals surface area contributed by atoms with Crippen molar-refractivity contribution in [1.82, 2.24) is 0 Å². The third kappa shape index (κ3) is 5.31. The van der Waals surface area contributed by atoms with Gasteiger partial charge in [-0.2, -0.15) is 0 Å². The first-order chi connectivity index (χ1) is 8.09. The maximum atomic E-state index is 9.58. The van der Waals surface area contributed by atoms with Crippen molar-refractivity contribution in [3.8, 4) is 0 Å². The largest absolute Gasteiger partial charge is 0.481 e. The number of carboxylic acids is 1. The molecule has 0 heterocycles. The molecule has 0 bridgehead atoms. The summed E-state index contributed by atoms with van der Waals surface area (Å²) in [6, 6.07) is 10.2. The van der Waals surface area contributed by atoms with Crippen molar-refractivity contribution in [2.75, 3.05) is 0 Å². The second-order valence-corrected chi connectivity index (χ2v) is 4.06. The van der Waals surface area contributed by atoms with Gasteiger partial charge in [0.1, 0.15) is 0 Å². The summed E-state index contributed by atoms with van der Waals surface area (Å²) in [5.41, 5.74) is 2.38. The van der Waals surface area contributed by atoms with Gasteiger partial charge in [-0.3, -0.25) is 4.79 Å². The number of rotatable bonds is 1. The van der Waals surface area contributed by atoms with E-state index in [1.165, 1.54) is 11.1 Å². The Kier molecular flexibility index (Phi) is 5.43. The van der Waals surface area contributed by atoms with Crippen molar-refractivity contribution < 1.29 is 15.0 Å². The molecule has 0 radical (unpaired) electrons. The summed E-state index contributed by atoms with van der Waals surface area (Å²) >= 11 is 0. The molecule has 0 amide bonds. The first-order valence-electron chi connectivity index (χ1n) is 5.72. The predicted octanol–water partition coefficient (Wildman–Crippen LogP) is 2.71. The van der Waals surface area contributed by atoms with Gasteiger partial charge >= 0.3 is 0 Å². The van der Waals surface area contributed by atoms with E-state index in [1.54, 1.807) is 0 Å². The first-order valence-corrected chi connectivity index (χ1v) is 5.72. The van der Waals surface area contributed by atoms with Gasteiger partial charge in [0.15, 0.2) is 0 Å². The topological polar surface area (TPSA) is 57.5 Å². The molecule has 3 nitrogen and oxygen atoms in total. The van der Waals surface area contributed by atoms with Crippen LogP contribution in [0.5, 0.6) is 0 Å². The van der Waals surface area contributed by atoms with E-state index in [-0.39, 0.29) is 6.10 Å². The lowest BCUT2D eigenvalue weighted by Crippen LogP contribution is -2.00. The zero-order valence-electron chi connectivity index (χ0n) is 9.97. The van der Waals surface area contributed by atoms with Crippen LogP contribution in [0.1, 0.15) is 31.7 Å². The highest BCUT2D eigenvalue weighted by molar-refractivity contribution is 5.63. The van der Waals surface area contributed by atoms with E-state index in [9.17, 15) is 5.11 Å². The Labute approximate surface area is 101 Å². The number of carboxylic acid groups (broad SMARTS) is 1. The molecular formula is C14H18O3. The Bertz CT molecular complexity index is 378. The first kappa shape index (κ1) is 13.5. The molecule has 17 heavy (non-hydrogen) atoms. The molecule has 1 aliphatic rings. The van der Waals surface area contributed by atoms with Crippen LogP contribution in [0, 0.1) is 0 Å². The van der Waals surface area contributed by atoms with Crippen LogP contribution < -0.4 is 0 Å². The molecule has 1 atom stereocenters. The van der Waals surface area contributed by atoms with Gasteiger partial charge < -0.3 is 10.2 Å². The number of aliphatic hydroxyl groups is 1. The van der Waals surface area contributed by atoms with E-state index in [2.05, 4.69) is 18.2 Å². The van der Waals surface area contributed by atoms with Crippen LogP contribution in [-0.2, 0) is 4.79 Å². The normalized spacial score (nSPS) is 20.8. The SMILES string of the molecule is CC(=O)O.OC1CCCC1=Cc1ccccc1. The Morgan fingerprint density at radius 3 is 2.41 bits per heavy atom. The zero-order valence-corrected chi connectivity index (χ0v) is 9.97. The van der Waals surface area contributed by atoms with Gasteiger partial charge in [-0.15, -0.1) is 0 Å². The summed E-state index contributed by atoms with van der Waals surface area (Å²) in [6.45, 7) is 1.08. The van der Waals surface area contributed by atoms with Crippen LogP contribution in [0.25, 0.3) is 6.08 Å². The molecule has 1 fully saturated rings. The molecule has 1 unspecified atom stereocenters. The maximum Gasteiger partial charge on any atom is 0.300 e. The Morgan fingerprint density at radius 2 is 1.94 bits per heavy atom. The molecule has 0 spiro atoms. The fourth-order valence-electron chi connectivity index (χ4n) is 1.78. The van der Waals surface area contributed by atoms with Crippen LogP contribution in [0.2, 0.25) is 0 Å². The third-order valence-electron chi connectivity index (χ3n) is 2.52. The lowest BCUT2D eigenvalue weighted by atomic mass is 10.1. The monoisotopic (exact) mass is 234 g/mol. The Balaban J connectivity index is 0.000000317. The Morgan fingerprint density at radius 1 is 1.35 bits per heavy atom. The lowest BCUT2D eigenvalue weighted by Gasteiger charge is -2.03. The second kappa shape index (κ2) is 6.86. The van der Waals surface area contributed by atoms with Gasteiger partial charge in [-0.1, -0.05) is 36.4 Å². The van der Waals surface area contributed by atoms with Gasteiger partial charge in [0, 0.05) is 6.92 Å². The second-order valence-electron chi connectivity index (χ2n) is 4.06. The molecular weight excluding hydrogens is 216 g/mol. The summed E-state index contributed by atoms with van der Waals surface area (Å²) < 4.78 is 0. The average Bonchev–Trinajstić information content (AvgIpc) is 2.65. The molecule has 1 saturated carbocycles. The molecule has 2 rings (SSSR count). The lowest BCUT2D eigenvalue weighted by molar-refractivity contribution is -0.134. The van der Waals surface area contributed by atoms with Gasteiger partial charge in [0.05, 0.1) is 6.10 Å². The number of hydrogen-bond donors (Lipinski definition) is 2. The van der Waals surface area contributed by atoms with Gasteiger partial charge in [0.2, 0.25) is 0 Å². The van der Waals surface area contributed by atoms with Gasteiger partial charge in [-0.25, -0.2) is 0 Å². The third-order valence-corrected chi connectivity index (χ3v) is 2.52.